The van der Waals surface area contributed by atoms with Crippen molar-refractivity contribution in [2.75, 3.05) is 13.2 Å². The van der Waals surface area contributed by atoms with E-state index in [0.717, 1.165) is 5.56 Å². The van der Waals surface area contributed by atoms with E-state index in [1.165, 1.54) is 0 Å². The van der Waals surface area contributed by atoms with Gasteiger partial charge < -0.3 is 20.3 Å². The standard InChI is InChI=1S/C17H20ClNO3/c1-2-22-17-7-6-12(8-15(17)18)10-19-11-16(21)13-4-3-5-14(20)9-13/h3-9,16,19-21H,2,10-11H2,1H3/t16-/m1/s1. The van der Waals surface area contributed by atoms with Gasteiger partial charge in [-0.1, -0.05) is 29.8 Å². The lowest BCUT2D eigenvalue weighted by molar-refractivity contribution is 0.174. The number of benzene rings is 2. The summed E-state index contributed by atoms with van der Waals surface area (Å²) in [6.45, 7) is 3.46. The molecule has 0 aliphatic heterocycles. The number of aromatic hydroxyl groups is 1. The van der Waals surface area contributed by atoms with Crippen LogP contribution in [0.25, 0.3) is 0 Å². The predicted octanol–water partition coefficient (Wildman–Crippen LogP) is 3.27. The predicted molar refractivity (Wildman–Crippen MR) is 87.4 cm³/mol. The number of phenolic OH excluding ortho intramolecular Hbond substituents is 1. The molecule has 0 aromatic heterocycles. The molecule has 0 fully saturated rings. The van der Waals surface area contributed by atoms with Crippen LogP contribution in [0.4, 0.5) is 0 Å². The SMILES string of the molecule is CCOc1ccc(CNC[C@@H](O)c2cccc(O)c2)cc1Cl. The van der Waals surface area contributed by atoms with Gasteiger partial charge in [-0.25, -0.2) is 0 Å². The maximum Gasteiger partial charge on any atom is 0.137 e. The Balaban J connectivity index is 1.87. The molecule has 4 nitrogen and oxygen atoms in total. The highest BCUT2D eigenvalue weighted by molar-refractivity contribution is 6.32. The lowest BCUT2D eigenvalue weighted by atomic mass is 10.1. The largest absolute Gasteiger partial charge is 0.508 e. The van der Waals surface area contributed by atoms with E-state index in [-0.39, 0.29) is 5.75 Å². The molecular weight excluding hydrogens is 302 g/mol. The molecule has 2 aromatic carbocycles. The van der Waals surface area contributed by atoms with E-state index in [1.807, 2.05) is 25.1 Å². The molecule has 0 saturated carbocycles. The van der Waals surface area contributed by atoms with E-state index in [1.54, 1.807) is 24.3 Å². The van der Waals surface area contributed by atoms with Crippen LogP contribution < -0.4 is 10.1 Å². The van der Waals surface area contributed by atoms with Crippen LogP contribution in [-0.4, -0.2) is 23.4 Å². The first-order valence-electron chi connectivity index (χ1n) is 7.19. The molecular formula is C17H20ClNO3. The summed E-state index contributed by atoms with van der Waals surface area (Å²) < 4.78 is 5.39. The Kier molecular flexibility index (Phi) is 6.07. The number of aliphatic hydroxyl groups excluding tert-OH is 1. The Morgan fingerprint density at radius 3 is 2.73 bits per heavy atom. The Hall–Kier alpha value is -1.75. The summed E-state index contributed by atoms with van der Waals surface area (Å²) in [7, 11) is 0. The van der Waals surface area contributed by atoms with E-state index < -0.39 is 6.10 Å². The van der Waals surface area contributed by atoms with E-state index in [4.69, 9.17) is 16.3 Å². The van der Waals surface area contributed by atoms with Crippen molar-refractivity contribution < 1.29 is 14.9 Å². The highest BCUT2D eigenvalue weighted by Crippen LogP contribution is 2.25. The third kappa shape index (κ3) is 4.63. The third-order valence-electron chi connectivity index (χ3n) is 3.22. The molecule has 0 radical (unpaired) electrons. The van der Waals surface area contributed by atoms with Crippen molar-refractivity contribution in [1.82, 2.24) is 5.32 Å². The second-order valence-corrected chi connectivity index (χ2v) is 5.35. The molecule has 0 spiro atoms. The van der Waals surface area contributed by atoms with Gasteiger partial charge in [-0.3, -0.25) is 0 Å². The van der Waals surface area contributed by atoms with Crippen LogP contribution in [0.15, 0.2) is 42.5 Å². The lowest BCUT2D eigenvalue weighted by Crippen LogP contribution is -2.21. The van der Waals surface area contributed by atoms with E-state index >= 15 is 0 Å². The van der Waals surface area contributed by atoms with Crippen LogP contribution in [0.2, 0.25) is 5.02 Å². The number of rotatable bonds is 7. The minimum Gasteiger partial charge on any atom is -0.508 e. The minimum atomic E-state index is -0.676. The van der Waals surface area contributed by atoms with Crippen molar-refractivity contribution in [3.63, 3.8) is 0 Å². The van der Waals surface area contributed by atoms with Crippen molar-refractivity contribution in [1.29, 1.82) is 0 Å². The first-order chi connectivity index (χ1) is 10.6. The van der Waals surface area contributed by atoms with Gasteiger partial charge >= 0.3 is 0 Å². The molecule has 22 heavy (non-hydrogen) atoms. The third-order valence-corrected chi connectivity index (χ3v) is 3.51. The number of halogens is 1. The Morgan fingerprint density at radius 2 is 2.05 bits per heavy atom. The van der Waals surface area contributed by atoms with Crippen LogP contribution in [0.5, 0.6) is 11.5 Å². The van der Waals surface area contributed by atoms with E-state index in [9.17, 15) is 10.2 Å². The van der Waals surface area contributed by atoms with Crippen LogP contribution >= 0.6 is 11.6 Å². The van der Waals surface area contributed by atoms with Gasteiger partial charge in [0.05, 0.1) is 17.7 Å². The maximum atomic E-state index is 10.1. The van der Waals surface area contributed by atoms with Gasteiger partial charge in [-0.2, -0.15) is 0 Å². The first-order valence-corrected chi connectivity index (χ1v) is 7.57. The fraction of sp³-hybridized carbons (Fsp3) is 0.294. The van der Waals surface area contributed by atoms with Gasteiger partial charge in [0, 0.05) is 13.1 Å². The summed E-state index contributed by atoms with van der Waals surface area (Å²) >= 11 is 6.13. The van der Waals surface area contributed by atoms with Crippen molar-refractivity contribution >= 4 is 11.6 Å². The van der Waals surface area contributed by atoms with Crippen LogP contribution in [0, 0.1) is 0 Å². The number of hydrogen-bond donors (Lipinski definition) is 3. The minimum absolute atomic E-state index is 0.148. The summed E-state index contributed by atoms with van der Waals surface area (Å²) in [4.78, 5) is 0. The van der Waals surface area contributed by atoms with Crippen LogP contribution in [0.3, 0.4) is 0 Å². The summed E-state index contributed by atoms with van der Waals surface area (Å²) in [6.07, 6.45) is -0.676. The molecule has 118 valence electrons. The van der Waals surface area contributed by atoms with Crippen LogP contribution in [0.1, 0.15) is 24.2 Å². The molecule has 0 bridgehead atoms. The van der Waals surface area contributed by atoms with Gasteiger partial charge in [0.1, 0.15) is 11.5 Å². The number of hydrogen-bond acceptors (Lipinski definition) is 4. The zero-order valence-electron chi connectivity index (χ0n) is 12.4. The molecule has 0 aliphatic carbocycles. The Bertz CT molecular complexity index is 619. The zero-order valence-corrected chi connectivity index (χ0v) is 13.2. The topological polar surface area (TPSA) is 61.7 Å². The van der Waals surface area contributed by atoms with Gasteiger partial charge in [0.25, 0.3) is 0 Å². The normalized spacial score (nSPS) is 12.1. The molecule has 1 atom stereocenters. The second kappa shape index (κ2) is 8.03. The molecule has 2 aromatic rings. The molecule has 5 heteroatoms. The molecule has 3 N–H and O–H groups in total. The molecule has 0 heterocycles. The highest BCUT2D eigenvalue weighted by atomic mass is 35.5. The summed E-state index contributed by atoms with van der Waals surface area (Å²) in [6, 6.07) is 12.2. The van der Waals surface area contributed by atoms with Gasteiger partial charge in [0.15, 0.2) is 0 Å². The fourth-order valence-electron chi connectivity index (χ4n) is 2.13. The average molecular weight is 322 g/mol. The number of ether oxygens (including phenoxy) is 1. The monoisotopic (exact) mass is 321 g/mol. The van der Waals surface area contributed by atoms with Gasteiger partial charge in [-0.15, -0.1) is 0 Å². The van der Waals surface area contributed by atoms with Crippen LogP contribution in [-0.2, 0) is 6.54 Å². The number of nitrogens with one attached hydrogen (secondary N) is 1. The summed E-state index contributed by atoms with van der Waals surface area (Å²) in [5, 5.41) is 23.2. The lowest BCUT2D eigenvalue weighted by Gasteiger charge is -2.13. The Labute approximate surface area is 135 Å². The van der Waals surface area contributed by atoms with E-state index in [2.05, 4.69) is 5.32 Å². The molecule has 0 unspecified atom stereocenters. The van der Waals surface area contributed by atoms with Crippen molar-refractivity contribution in [3.8, 4) is 11.5 Å². The fourth-order valence-corrected chi connectivity index (χ4v) is 2.39. The highest BCUT2D eigenvalue weighted by Gasteiger charge is 2.08. The van der Waals surface area contributed by atoms with Crippen molar-refractivity contribution in [2.45, 2.75) is 19.6 Å². The Morgan fingerprint density at radius 1 is 1.23 bits per heavy atom. The van der Waals surface area contributed by atoms with Crippen molar-refractivity contribution in [2.24, 2.45) is 0 Å². The molecule has 0 amide bonds. The summed E-state index contributed by atoms with van der Waals surface area (Å²) in [5.74, 6) is 0.822. The van der Waals surface area contributed by atoms with Gasteiger partial charge in [0.2, 0.25) is 0 Å². The number of aliphatic hydroxyl groups is 1. The zero-order chi connectivity index (χ0) is 15.9. The van der Waals surface area contributed by atoms with E-state index in [0.29, 0.717) is 36.0 Å². The number of phenols is 1. The van der Waals surface area contributed by atoms with Gasteiger partial charge in [-0.05, 0) is 42.3 Å². The smallest absolute Gasteiger partial charge is 0.137 e. The average Bonchev–Trinajstić information content (AvgIpc) is 2.50. The molecule has 0 saturated heterocycles. The maximum absolute atomic E-state index is 10.1. The second-order valence-electron chi connectivity index (χ2n) is 4.94. The quantitative estimate of drug-likeness (QED) is 0.732. The molecule has 0 aliphatic rings. The molecule has 2 rings (SSSR count). The van der Waals surface area contributed by atoms with Crippen molar-refractivity contribution in [3.05, 3.63) is 58.6 Å². The first kappa shape index (κ1) is 16.6. The summed E-state index contributed by atoms with van der Waals surface area (Å²) in [5.41, 5.74) is 1.69.